The summed E-state index contributed by atoms with van der Waals surface area (Å²) in [6.07, 6.45) is 0.294. The Hall–Kier alpha value is -1.04. The zero-order valence-corrected chi connectivity index (χ0v) is 11.3. The molecule has 2 N–H and O–H groups in total. The molecule has 1 aromatic rings. The molecule has 106 valence electrons. The topological polar surface area (TPSA) is 38.5 Å². The van der Waals surface area contributed by atoms with E-state index < -0.39 is 17.7 Å². The van der Waals surface area contributed by atoms with Crippen LogP contribution in [0.5, 0.6) is 0 Å². The molecule has 0 bridgehead atoms. The second-order valence-electron chi connectivity index (χ2n) is 5.25. The monoisotopic (exact) mass is 270 g/mol. The summed E-state index contributed by atoms with van der Waals surface area (Å²) in [5.41, 5.74) is 6.38. The molecule has 1 aliphatic heterocycles. The van der Waals surface area contributed by atoms with Gasteiger partial charge in [0, 0.05) is 37.3 Å². The normalized spacial score (nSPS) is 26.4. The molecular weight excluding hydrogens is 250 g/mol. The fraction of sp³-hybridized carbons (Fsp3) is 0.571. The smallest absolute Gasteiger partial charge is 0.130 e. The van der Waals surface area contributed by atoms with Gasteiger partial charge in [0.15, 0.2) is 0 Å². The highest BCUT2D eigenvalue weighted by Gasteiger charge is 2.24. The standard InChI is InChI=1S/C14H20F2N2O/c1-9-6-18(7-10(2)19-9)8-14(17)12-4-3-11(15)5-13(12)16/h3-5,9-10,14H,6-8,17H2,1-2H3/t9-,10+,14?. The molecule has 3 atom stereocenters. The van der Waals surface area contributed by atoms with E-state index in [1.54, 1.807) is 0 Å². The molecule has 0 aromatic heterocycles. The van der Waals surface area contributed by atoms with Crippen LogP contribution in [0.2, 0.25) is 0 Å². The predicted octanol–water partition coefficient (Wildman–Crippen LogP) is 2.07. The first-order chi connectivity index (χ1) is 8.95. The van der Waals surface area contributed by atoms with E-state index in [1.807, 2.05) is 13.8 Å². The first kappa shape index (κ1) is 14.4. The second kappa shape index (κ2) is 5.94. The lowest BCUT2D eigenvalue weighted by Crippen LogP contribution is -2.47. The lowest BCUT2D eigenvalue weighted by atomic mass is 10.1. The molecule has 5 heteroatoms. The molecule has 19 heavy (non-hydrogen) atoms. The summed E-state index contributed by atoms with van der Waals surface area (Å²) in [7, 11) is 0. The summed E-state index contributed by atoms with van der Waals surface area (Å²) in [4.78, 5) is 2.16. The van der Waals surface area contributed by atoms with Crippen LogP contribution in [0.1, 0.15) is 25.5 Å². The maximum absolute atomic E-state index is 13.6. The Morgan fingerprint density at radius 2 is 1.95 bits per heavy atom. The van der Waals surface area contributed by atoms with Gasteiger partial charge in [-0.15, -0.1) is 0 Å². The maximum Gasteiger partial charge on any atom is 0.130 e. The van der Waals surface area contributed by atoms with Gasteiger partial charge in [0.1, 0.15) is 11.6 Å². The van der Waals surface area contributed by atoms with Crippen molar-refractivity contribution in [2.45, 2.75) is 32.1 Å². The average Bonchev–Trinajstić information content (AvgIpc) is 2.26. The van der Waals surface area contributed by atoms with Crippen molar-refractivity contribution in [3.63, 3.8) is 0 Å². The maximum atomic E-state index is 13.6. The Morgan fingerprint density at radius 1 is 1.32 bits per heavy atom. The van der Waals surface area contributed by atoms with Gasteiger partial charge < -0.3 is 10.5 Å². The fourth-order valence-electron chi connectivity index (χ4n) is 2.61. The summed E-state index contributed by atoms with van der Waals surface area (Å²) in [6, 6.07) is 3.07. The van der Waals surface area contributed by atoms with Crippen LogP contribution in [0.25, 0.3) is 0 Å². The number of hydrogen-bond donors (Lipinski definition) is 1. The summed E-state index contributed by atoms with van der Waals surface area (Å²) < 4.78 is 32.1. The summed E-state index contributed by atoms with van der Waals surface area (Å²) >= 11 is 0. The van der Waals surface area contributed by atoms with Crippen molar-refractivity contribution in [1.29, 1.82) is 0 Å². The van der Waals surface area contributed by atoms with Gasteiger partial charge in [-0.05, 0) is 19.9 Å². The van der Waals surface area contributed by atoms with E-state index in [2.05, 4.69) is 4.90 Å². The van der Waals surface area contributed by atoms with Crippen LogP contribution >= 0.6 is 0 Å². The minimum absolute atomic E-state index is 0.147. The number of ether oxygens (including phenoxy) is 1. The van der Waals surface area contributed by atoms with Crippen molar-refractivity contribution in [3.8, 4) is 0 Å². The van der Waals surface area contributed by atoms with Crippen molar-refractivity contribution in [2.24, 2.45) is 5.73 Å². The second-order valence-corrected chi connectivity index (χ2v) is 5.25. The van der Waals surface area contributed by atoms with E-state index in [4.69, 9.17) is 10.5 Å². The third kappa shape index (κ3) is 3.72. The van der Waals surface area contributed by atoms with E-state index >= 15 is 0 Å². The number of nitrogens with zero attached hydrogens (tertiary/aromatic N) is 1. The third-order valence-electron chi connectivity index (χ3n) is 3.31. The van der Waals surface area contributed by atoms with E-state index in [9.17, 15) is 8.78 Å². The number of rotatable bonds is 3. The number of nitrogens with two attached hydrogens (primary N) is 1. The van der Waals surface area contributed by atoms with E-state index in [0.29, 0.717) is 12.1 Å². The van der Waals surface area contributed by atoms with Gasteiger partial charge in [0.25, 0.3) is 0 Å². The quantitative estimate of drug-likeness (QED) is 0.914. The van der Waals surface area contributed by atoms with Crippen molar-refractivity contribution in [2.75, 3.05) is 19.6 Å². The van der Waals surface area contributed by atoms with Crippen LogP contribution in [-0.2, 0) is 4.74 Å². The van der Waals surface area contributed by atoms with Crippen LogP contribution < -0.4 is 5.73 Å². The summed E-state index contributed by atoms with van der Waals surface area (Å²) in [6.45, 7) is 6.11. The van der Waals surface area contributed by atoms with Gasteiger partial charge in [-0.1, -0.05) is 6.07 Å². The Kier molecular flexibility index (Phi) is 4.50. The fourth-order valence-corrected chi connectivity index (χ4v) is 2.61. The molecule has 1 saturated heterocycles. The highest BCUT2D eigenvalue weighted by Crippen LogP contribution is 2.19. The van der Waals surface area contributed by atoms with Crippen molar-refractivity contribution in [1.82, 2.24) is 4.90 Å². The molecule has 0 amide bonds. The van der Waals surface area contributed by atoms with Gasteiger partial charge in [0.2, 0.25) is 0 Å². The molecule has 0 spiro atoms. The first-order valence-electron chi connectivity index (χ1n) is 6.54. The Morgan fingerprint density at radius 3 is 2.53 bits per heavy atom. The number of halogens is 2. The minimum Gasteiger partial charge on any atom is -0.373 e. The van der Waals surface area contributed by atoms with Crippen molar-refractivity contribution >= 4 is 0 Å². The largest absolute Gasteiger partial charge is 0.373 e. The van der Waals surface area contributed by atoms with E-state index in [-0.39, 0.29) is 12.2 Å². The molecular formula is C14H20F2N2O. The van der Waals surface area contributed by atoms with Crippen LogP contribution in [0.15, 0.2) is 18.2 Å². The Labute approximate surface area is 112 Å². The zero-order chi connectivity index (χ0) is 14.0. The summed E-state index contributed by atoms with van der Waals surface area (Å²) in [5, 5.41) is 0. The number of benzene rings is 1. The van der Waals surface area contributed by atoms with Crippen LogP contribution in [0, 0.1) is 11.6 Å². The van der Waals surface area contributed by atoms with E-state index in [0.717, 1.165) is 19.2 Å². The summed E-state index contributed by atoms with van der Waals surface area (Å²) in [5.74, 6) is -1.16. The number of morpholine rings is 1. The number of hydrogen-bond acceptors (Lipinski definition) is 3. The van der Waals surface area contributed by atoms with Crippen molar-refractivity contribution < 1.29 is 13.5 Å². The highest BCUT2D eigenvalue weighted by atomic mass is 19.1. The SMILES string of the molecule is C[C@@H]1CN(CC(N)c2ccc(F)cc2F)C[C@H](C)O1. The average molecular weight is 270 g/mol. The molecule has 1 aliphatic rings. The molecule has 2 rings (SSSR count). The minimum atomic E-state index is -0.582. The lowest BCUT2D eigenvalue weighted by molar-refractivity contribution is -0.0692. The molecule has 0 saturated carbocycles. The highest BCUT2D eigenvalue weighted by molar-refractivity contribution is 5.22. The van der Waals surface area contributed by atoms with Gasteiger partial charge in [0.05, 0.1) is 12.2 Å². The lowest BCUT2D eigenvalue weighted by Gasteiger charge is -2.36. The molecule has 1 unspecified atom stereocenters. The molecule has 1 heterocycles. The molecule has 1 fully saturated rings. The molecule has 0 aliphatic carbocycles. The predicted molar refractivity (Wildman–Crippen MR) is 69.7 cm³/mol. The van der Waals surface area contributed by atoms with Crippen LogP contribution in [0.3, 0.4) is 0 Å². The van der Waals surface area contributed by atoms with Crippen LogP contribution in [0.4, 0.5) is 8.78 Å². The molecule has 1 aromatic carbocycles. The van der Waals surface area contributed by atoms with Crippen molar-refractivity contribution in [3.05, 3.63) is 35.4 Å². The molecule has 0 radical (unpaired) electrons. The molecule has 3 nitrogen and oxygen atoms in total. The third-order valence-corrected chi connectivity index (χ3v) is 3.31. The van der Waals surface area contributed by atoms with Gasteiger partial charge in [-0.2, -0.15) is 0 Å². The van der Waals surface area contributed by atoms with E-state index in [1.165, 1.54) is 12.1 Å². The van der Waals surface area contributed by atoms with Gasteiger partial charge in [-0.25, -0.2) is 8.78 Å². The Bertz CT molecular complexity index is 431. The first-order valence-corrected chi connectivity index (χ1v) is 6.54. The Balaban J connectivity index is 2.02. The van der Waals surface area contributed by atoms with Gasteiger partial charge in [-0.3, -0.25) is 4.90 Å². The zero-order valence-electron chi connectivity index (χ0n) is 11.3. The van der Waals surface area contributed by atoms with Crippen LogP contribution in [-0.4, -0.2) is 36.7 Å². The van der Waals surface area contributed by atoms with Gasteiger partial charge >= 0.3 is 0 Å².